The van der Waals surface area contributed by atoms with Crippen LogP contribution in [0.3, 0.4) is 0 Å². The number of nitrogens with zero attached hydrogens (tertiary/aromatic N) is 6. The second-order valence-electron chi connectivity index (χ2n) is 16.5. The Hall–Kier alpha value is -7.87. The lowest BCUT2D eigenvalue weighted by atomic mass is 10.0. The molecule has 0 radical (unpaired) electrons. The molecule has 0 aliphatic rings. The number of aliphatic hydroxyl groups excluding tert-OH is 1. The number of carboxylic acid groups (broad SMARTS) is 1. The molecule has 27 heteroatoms. The van der Waals surface area contributed by atoms with Crippen LogP contribution in [0.15, 0.2) is 133 Å². The summed E-state index contributed by atoms with van der Waals surface area (Å²) in [6.07, 6.45) is -7.14. The maximum Gasteiger partial charge on any atom is 0.573 e. The third-order valence-electron chi connectivity index (χ3n) is 11.0. The monoisotopic (exact) mass is 1190 g/mol. The number of halogens is 9. The average Bonchev–Trinajstić information content (AvgIpc) is 3.55. The van der Waals surface area contributed by atoms with E-state index in [0.29, 0.717) is 37.5 Å². The van der Waals surface area contributed by atoms with Crippen LogP contribution in [-0.4, -0.2) is 75.6 Å². The molecule has 0 amide bonds. The molecular formula is C51H43BrCl2F6N6O12. The van der Waals surface area contributed by atoms with Gasteiger partial charge < -0.3 is 34.3 Å². The van der Waals surface area contributed by atoms with Crippen molar-refractivity contribution < 1.29 is 65.4 Å². The van der Waals surface area contributed by atoms with Gasteiger partial charge in [-0.2, -0.15) is 0 Å². The maximum absolute atomic E-state index is 13.5. The van der Waals surface area contributed by atoms with Gasteiger partial charge in [-0.1, -0.05) is 59.6 Å². The minimum atomic E-state index is -4.88. The molecule has 8 rings (SSSR count). The third kappa shape index (κ3) is 15.9. The number of aliphatic hydroxyl groups is 1. The lowest BCUT2D eigenvalue weighted by Crippen LogP contribution is -2.40. The number of fused-ring (bicyclic) bond motifs is 2. The number of hydrogen-bond donors (Lipinski definition) is 3. The first-order valence-corrected chi connectivity index (χ1v) is 24.3. The van der Waals surface area contributed by atoms with Crippen LogP contribution in [-0.2, 0) is 44.8 Å². The van der Waals surface area contributed by atoms with Crippen LogP contribution in [0.2, 0.25) is 10.0 Å². The average molecular weight is 1200 g/mol. The van der Waals surface area contributed by atoms with Crippen molar-refractivity contribution in [3.05, 3.63) is 188 Å². The summed E-state index contributed by atoms with van der Waals surface area (Å²) in [5, 5.41) is 28.1. The Balaban J connectivity index is 0.000000212. The SMILES string of the molecule is Cn1c(=O)n(CCCO)c(=O)c2c(Cc3ccc(Cl)cc3)c(Oc3cccc(OC(F)(F)F)c3)cnc21.Cn1c(=O)n(CCCOC(=O)O)c(=O)c2c(Cc3ccc(Cl)cc3)c(Br)cnc21.Oc1cccc(OC(F)(F)F)c1. The highest BCUT2D eigenvalue weighted by Gasteiger charge is 2.32. The van der Waals surface area contributed by atoms with Gasteiger partial charge in [0.15, 0.2) is 0 Å². The fraction of sp³-hybridized carbons (Fsp3) is 0.235. The molecule has 78 heavy (non-hydrogen) atoms. The quantitative estimate of drug-likeness (QED) is 0.0493. The Morgan fingerprint density at radius 1 is 0.654 bits per heavy atom. The molecule has 18 nitrogen and oxygen atoms in total. The molecule has 0 atom stereocenters. The van der Waals surface area contributed by atoms with E-state index in [2.05, 4.69) is 40.1 Å². The summed E-state index contributed by atoms with van der Waals surface area (Å²) < 4.78 is 95.9. The molecule has 0 aliphatic carbocycles. The van der Waals surface area contributed by atoms with Gasteiger partial charge in [-0.25, -0.2) is 24.4 Å². The van der Waals surface area contributed by atoms with Crippen molar-refractivity contribution in [1.82, 2.24) is 28.2 Å². The van der Waals surface area contributed by atoms with Crippen LogP contribution in [0.1, 0.15) is 35.1 Å². The Kier molecular flexibility index (Phi) is 19.8. The molecule has 0 spiro atoms. The Morgan fingerprint density at radius 3 is 1.62 bits per heavy atom. The number of benzene rings is 4. The first kappa shape index (κ1) is 59.4. The fourth-order valence-electron chi connectivity index (χ4n) is 7.58. The number of carbonyl (C=O) groups is 1. The van der Waals surface area contributed by atoms with E-state index in [4.69, 9.17) is 38.2 Å². The molecule has 4 aromatic heterocycles. The minimum absolute atomic E-state index is 0.0136. The number of ether oxygens (including phenoxy) is 4. The van der Waals surface area contributed by atoms with Crippen LogP contribution >= 0.6 is 39.1 Å². The standard InChI is InChI=1S/C25H21ClF3N3O5.C19H17BrClN3O5.C7H5F3O2/c1-31-22-21(23(34)32(24(31)35)10-3-11-33)19(12-15-6-8-16(26)9-7-15)20(14-30-22)36-17-4-2-5-18(13-17)37-25(27,28)29;1-23-16-15(17(25)24(18(23)26)7-2-8-29-19(27)28)13(14(20)10-22-16)9-11-3-5-12(21)6-4-11;8-7(9,10)12-6-3-1-2-5(11)4-6/h2,4-9,13-14,33H,3,10-12H2,1H3;3-6,10H,2,7-9H2,1H3,(H,27,28);1-4,11H. The largest absolute Gasteiger partial charge is 0.573 e. The molecule has 0 saturated carbocycles. The number of rotatable bonds is 15. The molecule has 412 valence electrons. The predicted octanol–water partition coefficient (Wildman–Crippen LogP) is 9.89. The van der Waals surface area contributed by atoms with Gasteiger partial charge in [0.1, 0.15) is 40.0 Å². The highest BCUT2D eigenvalue weighted by molar-refractivity contribution is 9.10. The minimum Gasteiger partial charge on any atom is -0.508 e. The second-order valence-corrected chi connectivity index (χ2v) is 18.2. The van der Waals surface area contributed by atoms with Crippen LogP contribution in [0, 0.1) is 0 Å². The van der Waals surface area contributed by atoms with Gasteiger partial charge in [0, 0.05) is 78.6 Å². The van der Waals surface area contributed by atoms with Gasteiger partial charge in [-0.3, -0.25) is 27.9 Å². The molecule has 0 saturated heterocycles. The van der Waals surface area contributed by atoms with Gasteiger partial charge in [-0.15, -0.1) is 26.3 Å². The highest BCUT2D eigenvalue weighted by atomic mass is 79.9. The van der Waals surface area contributed by atoms with Crippen molar-refractivity contribution in [2.45, 2.75) is 51.5 Å². The van der Waals surface area contributed by atoms with Crippen molar-refractivity contribution >= 4 is 67.4 Å². The van der Waals surface area contributed by atoms with E-state index in [0.717, 1.165) is 44.5 Å². The van der Waals surface area contributed by atoms with E-state index in [-0.39, 0.29) is 79.5 Å². The number of aromatic nitrogens is 6. The number of alkyl halides is 6. The Bertz CT molecular complexity index is 3690. The van der Waals surface area contributed by atoms with Crippen molar-refractivity contribution in [2.24, 2.45) is 14.1 Å². The van der Waals surface area contributed by atoms with Crippen LogP contribution in [0.4, 0.5) is 31.1 Å². The first-order valence-electron chi connectivity index (χ1n) is 22.8. The van der Waals surface area contributed by atoms with E-state index in [1.165, 1.54) is 46.6 Å². The summed E-state index contributed by atoms with van der Waals surface area (Å²) in [6, 6.07) is 23.6. The summed E-state index contributed by atoms with van der Waals surface area (Å²) in [5.74, 6) is -1.05. The molecule has 4 aromatic carbocycles. The number of aromatic hydroxyl groups is 1. The number of phenolic OH excluding ortho intramolecular Hbond substituents is 1. The molecule has 8 aromatic rings. The smallest absolute Gasteiger partial charge is 0.508 e. The van der Waals surface area contributed by atoms with E-state index in [1.807, 2.05) is 12.1 Å². The van der Waals surface area contributed by atoms with Crippen molar-refractivity contribution in [3.63, 3.8) is 0 Å². The third-order valence-corrected chi connectivity index (χ3v) is 12.2. The summed E-state index contributed by atoms with van der Waals surface area (Å²) in [5.41, 5.74) is 0.945. The van der Waals surface area contributed by atoms with Crippen LogP contribution < -0.4 is 36.7 Å². The molecule has 0 fully saturated rings. The Morgan fingerprint density at radius 2 is 1.12 bits per heavy atom. The summed E-state index contributed by atoms with van der Waals surface area (Å²) in [6.45, 7) is -0.317. The maximum atomic E-state index is 13.5. The topological polar surface area (TPSA) is 228 Å². The zero-order valence-corrected chi connectivity index (χ0v) is 43.7. The summed E-state index contributed by atoms with van der Waals surface area (Å²) in [4.78, 5) is 71.1. The van der Waals surface area contributed by atoms with Gasteiger partial charge in [-0.05, 0) is 100 Å². The van der Waals surface area contributed by atoms with Crippen molar-refractivity contribution in [1.29, 1.82) is 0 Å². The normalized spacial score (nSPS) is 11.3. The lowest BCUT2D eigenvalue weighted by Gasteiger charge is -2.17. The second kappa shape index (κ2) is 26.0. The number of phenols is 1. The van der Waals surface area contributed by atoms with E-state index in [1.54, 1.807) is 49.6 Å². The predicted molar refractivity (Wildman–Crippen MR) is 277 cm³/mol. The lowest BCUT2D eigenvalue weighted by molar-refractivity contribution is -0.275. The van der Waals surface area contributed by atoms with Crippen LogP contribution in [0.25, 0.3) is 22.1 Å². The zero-order valence-electron chi connectivity index (χ0n) is 40.6. The molecule has 4 heterocycles. The molecule has 3 N–H and O–H groups in total. The van der Waals surface area contributed by atoms with Crippen molar-refractivity contribution in [2.75, 3.05) is 13.2 Å². The van der Waals surface area contributed by atoms with Crippen molar-refractivity contribution in [3.8, 4) is 28.7 Å². The Labute approximate surface area is 454 Å². The molecule has 0 bridgehead atoms. The molecular weight excluding hydrogens is 1150 g/mol. The van der Waals surface area contributed by atoms with Gasteiger partial charge >= 0.3 is 30.3 Å². The fourth-order valence-corrected chi connectivity index (χ4v) is 8.27. The molecule has 0 unspecified atom stereocenters. The van der Waals surface area contributed by atoms with E-state index < -0.39 is 52.9 Å². The van der Waals surface area contributed by atoms with Gasteiger partial charge in [0.05, 0.1) is 23.6 Å². The first-order chi connectivity index (χ1) is 36.8. The van der Waals surface area contributed by atoms with Crippen LogP contribution in [0.5, 0.6) is 28.7 Å². The number of hydrogen-bond acceptors (Lipinski definition) is 13. The molecule has 0 aliphatic heterocycles. The summed E-state index contributed by atoms with van der Waals surface area (Å²) >= 11 is 15.4. The zero-order chi connectivity index (χ0) is 57.1. The van der Waals surface area contributed by atoms with E-state index in [9.17, 15) is 55.4 Å². The van der Waals surface area contributed by atoms with E-state index >= 15 is 0 Å². The highest BCUT2D eigenvalue weighted by Crippen LogP contribution is 2.34. The number of pyridine rings is 2. The number of aryl methyl sites for hydroxylation is 2. The van der Waals surface area contributed by atoms with Gasteiger partial charge in [0.25, 0.3) is 11.1 Å². The summed E-state index contributed by atoms with van der Waals surface area (Å²) in [7, 11) is 3.01. The van der Waals surface area contributed by atoms with Gasteiger partial charge in [0.2, 0.25) is 0 Å².